The Morgan fingerprint density at radius 3 is 2.65 bits per heavy atom. The minimum absolute atomic E-state index is 0.142. The maximum absolute atomic E-state index is 11.7. The molecule has 0 amide bonds. The number of hydrogen-bond acceptors (Lipinski definition) is 5. The third kappa shape index (κ3) is 2.59. The number of ether oxygens (including phenoxy) is 1. The highest BCUT2D eigenvalue weighted by atomic mass is 16.6. The van der Waals surface area contributed by atoms with Gasteiger partial charge in [0.15, 0.2) is 0 Å². The van der Waals surface area contributed by atoms with Crippen molar-refractivity contribution in [2.24, 2.45) is 5.73 Å². The molecule has 0 saturated carbocycles. The Morgan fingerprint density at radius 1 is 1.53 bits per heavy atom. The summed E-state index contributed by atoms with van der Waals surface area (Å²) in [6.45, 7) is 3.22. The number of hydrogen-bond donors (Lipinski definition) is 1. The van der Waals surface area contributed by atoms with Crippen molar-refractivity contribution in [2.45, 2.75) is 19.4 Å². The van der Waals surface area contributed by atoms with Crippen molar-refractivity contribution in [1.82, 2.24) is 0 Å². The van der Waals surface area contributed by atoms with Gasteiger partial charge in [0, 0.05) is 6.07 Å². The maximum atomic E-state index is 11.7. The Labute approximate surface area is 98.5 Å². The summed E-state index contributed by atoms with van der Waals surface area (Å²) in [4.78, 5) is 21.9. The number of rotatable bonds is 4. The molecular formula is C11H14N2O4. The largest absolute Gasteiger partial charge is 0.464 e. The minimum atomic E-state index is -1.53. The number of esters is 1. The molecule has 0 heterocycles. The van der Waals surface area contributed by atoms with Crippen LogP contribution in [0.1, 0.15) is 19.4 Å². The predicted octanol–water partition coefficient (Wildman–Crippen LogP) is 1.33. The summed E-state index contributed by atoms with van der Waals surface area (Å²) in [5.41, 5.74) is 4.25. The lowest BCUT2D eigenvalue weighted by molar-refractivity contribution is -0.386. The molecule has 92 valence electrons. The molecule has 0 aliphatic heterocycles. The summed E-state index contributed by atoms with van der Waals surface area (Å²) in [5.74, 6) is -0.686. The summed E-state index contributed by atoms with van der Waals surface area (Å²) in [6.07, 6.45) is 0. The smallest absolute Gasteiger partial charge is 0.330 e. The second-order valence-electron chi connectivity index (χ2n) is 3.70. The van der Waals surface area contributed by atoms with Crippen molar-refractivity contribution in [2.75, 3.05) is 6.61 Å². The van der Waals surface area contributed by atoms with Gasteiger partial charge in [-0.15, -0.1) is 0 Å². The number of nitro benzene ring substituents is 1. The van der Waals surface area contributed by atoms with Gasteiger partial charge in [0.25, 0.3) is 5.69 Å². The van der Waals surface area contributed by atoms with E-state index in [1.807, 2.05) is 0 Å². The second kappa shape index (κ2) is 4.92. The summed E-state index contributed by atoms with van der Waals surface area (Å²) in [7, 11) is 0. The van der Waals surface area contributed by atoms with E-state index in [9.17, 15) is 14.9 Å². The monoisotopic (exact) mass is 238 g/mol. The van der Waals surface area contributed by atoms with E-state index in [2.05, 4.69) is 0 Å². The first-order chi connectivity index (χ1) is 7.91. The van der Waals surface area contributed by atoms with Crippen molar-refractivity contribution in [3.05, 3.63) is 39.9 Å². The van der Waals surface area contributed by atoms with Crippen molar-refractivity contribution in [1.29, 1.82) is 0 Å². The number of benzene rings is 1. The van der Waals surface area contributed by atoms with Crippen molar-refractivity contribution in [3.63, 3.8) is 0 Å². The molecule has 6 nitrogen and oxygen atoms in total. The Bertz CT molecular complexity index is 443. The molecule has 0 spiro atoms. The Balaban J connectivity index is 3.23. The number of para-hydroxylation sites is 1. The number of nitrogens with zero attached hydrogens (tertiary/aromatic N) is 1. The van der Waals surface area contributed by atoms with Crippen LogP contribution in [0.5, 0.6) is 0 Å². The SMILES string of the molecule is CCOC(=O)[C@](C)(N)c1ccccc1[N+](=O)[O-]. The molecule has 0 bridgehead atoms. The van der Waals surface area contributed by atoms with Gasteiger partial charge in [-0.05, 0) is 19.9 Å². The molecule has 1 aromatic rings. The molecule has 1 aromatic carbocycles. The summed E-state index contributed by atoms with van der Waals surface area (Å²) in [5, 5.41) is 10.8. The van der Waals surface area contributed by atoms with Gasteiger partial charge in [-0.2, -0.15) is 0 Å². The number of carbonyl (C=O) groups is 1. The highest BCUT2D eigenvalue weighted by Gasteiger charge is 2.37. The van der Waals surface area contributed by atoms with Gasteiger partial charge in [0.2, 0.25) is 0 Å². The maximum Gasteiger partial charge on any atom is 0.330 e. The second-order valence-corrected chi connectivity index (χ2v) is 3.70. The van der Waals surface area contributed by atoms with Gasteiger partial charge in [0.1, 0.15) is 5.54 Å². The quantitative estimate of drug-likeness (QED) is 0.485. The molecule has 17 heavy (non-hydrogen) atoms. The number of nitrogens with two attached hydrogens (primary N) is 1. The van der Waals surface area contributed by atoms with Crippen molar-refractivity contribution < 1.29 is 14.5 Å². The Kier molecular flexibility index (Phi) is 3.80. The Morgan fingerprint density at radius 2 is 2.12 bits per heavy atom. The summed E-state index contributed by atoms with van der Waals surface area (Å²) < 4.78 is 4.81. The van der Waals surface area contributed by atoms with E-state index in [4.69, 9.17) is 10.5 Å². The lowest BCUT2D eigenvalue weighted by atomic mass is 9.92. The van der Waals surface area contributed by atoms with E-state index in [0.717, 1.165) is 0 Å². The first-order valence-electron chi connectivity index (χ1n) is 5.11. The van der Waals surface area contributed by atoms with E-state index in [-0.39, 0.29) is 17.9 Å². The van der Waals surface area contributed by atoms with Gasteiger partial charge in [-0.25, -0.2) is 4.79 Å². The van der Waals surface area contributed by atoms with E-state index < -0.39 is 16.4 Å². The minimum Gasteiger partial charge on any atom is -0.464 e. The van der Waals surface area contributed by atoms with Gasteiger partial charge >= 0.3 is 5.97 Å². The van der Waals surface area contributed by atoms with Crippen molar-refractivity contribution in [3.8, 4) is 0 Å². The highest BCUT2D eigenvalue weighted by molar-refractivity contribution is 5.83. The van der Waals surface area contributed by atoms with Gasteiger partial charge in [-0.3, -0.25) is 10.1 Å². The third-order valence-electron chi connectivity index (χ3n) is 2.36. The van der Waals surface area contributed by atoms with Crippen LogP contribution in [0.25, 0.3) is 0 Å². The zero-order chi connectivity index (χ0) is 13.1. The first-order valence-corrected chi connectivity index (χ1v) is 5.11. The zero-order valence-electron chi connectivity index (χ0n) is 9.67. The molecule has 0 aromatic heterocycles. The first kappa shape index (κ1) is 13.1. The van der Waals surface area contributed by atoms with Crippen LogP contribution in [0.15, 0.2) is 24.3 Å². The molecule has 2 N–H and O–H groups in total. The molecule has 0 aliphatic rings. The summed E-state index contributed by atoms with van der Waals surface area (Å²) in [6, 6.07) is 5.87. The van der Waals surface area contributed by atoms with Crippen LogP contribution < -0.4 is 5.73 Å². The topological polar surface area (TPSA) is 95.5 Å². The number of nitro groups is 1. The van der Waals surface area contributed by atoms with E-state index >= 15 is 0 Å². The highest BCUT2D eigenvalue weighted by Crippen LogP contribution is 2.28. The standard InChI is InChI=1S/C11H14N2O4/c1-3-17-10(14)11(2,12)8-6-4-5-7-9(8)13(15)16/h4-7H,3,12H2,1-2H3/t11-/m1/s1. The average molecular weight is 238 g/mol. The molecule has 0 radical (unpaired) electrons. The fraction of sp³-hybridized carbons (Fsp3) is 0.364. The zero-order valence-corrected chi connectivity index (χ0v) is 9.67. The predicted molar refractivity (Wildman–Crippen MR) is 61.3 cm³/mol. The van der Waals surface area contributed by atoms with Gasteiger partial charge < -0.3 is 10.5 Å². The van der Waals surface area contributed by atoms with E-state index in [1.54, 1.807) is 13.0 Å². The van der Waals surface area contributed by atoms with Crippen molar-refractivity contribution >= 4 is 11.7 Å². The van der Waals surface area contributed by atoms with Gasteiger partial charge in [0.05, 0.1) is 17.1 Å². The molecule has 0 unspecified atom stereocenters. The molecule has 1 atom stereocenters. The molecule has 0 fully saturated rings. The van der Waals surface area contributed by atoms with E-state index in [1.165, 1.54) is 25.1 Å². The molecule has 0 saturated heterocycles. The van der Waals surface area contributed by atoms with E-state index in [0.29, 0.717) is 0 Å². The fourth-order valence-electron chi connectivity index (χ4n) is 1.46. The molecule has 6 heteroatoms. The van der Waals surface area contributed by atoms with Crippen LogP contribution in [-0.4, -0.2) is 17.5 Å². The van der Waals surface area contributed by atoms with Crippen LogP contribution in [0.3, 0.4) is 0 Å². The van der Waals surface area contributed by atoms with Crippen LogP contribution >= 0.6 is 0 Å². The Hall–Kier alpha value is -1.95. The van der Waals surface area contributed by atoms with Crippen LogP contribution in [0, 0.1) is 10.1 Å². The molecule has 0 aliphatic carbocycles. The third-order valence-corrected chi connectivity index (χ3v) is 2.36. The summed E-state index contributed by atoms with van der Waals surface area (Å²) >= 11 is 0. The van der Waals surface area contributed by atoms with Crippen LogP contribution in [0.4, 0.5) is 5.69 Å². The fourth-order valence-corrected chi connectivity index (χ4v) is 1.46. The van der Waals surface area contributed by atoms with Gasteiger partial charge in [-0.1, -0.05) is 12.1 Å². The average Bonchev–Trinajstić information content (AvgIpc) is 2.29. The molecule has 1 rings (SSSR count). The van der Waals surface area contributed by atoms with Crippen LogP contribution in [-0.2, 0) is 15.1 Å². The lowest BCUT2D eigenvalue weighted by Crippen LogP contribution is -2.43. The lowest BCUT2D eigenvalue weighted by Gasteiger charge is -2.22. The molecular weight excluding hydrogens is 224 g/mol. The van der Waals surface area contributed by atoms with Crippen LogP contribution in [0.2, 0.25) is 0 Å². The number of carbonyl (C=O) groups excluding carboxylic acids is 1. The normalized spacial score (nSPS) is 13.8.